The van der Waals surface area contributed by atoms with Gasteiger partial charge in [-0.05, 0) is 37.1 Å². The van der Waals surface area contributed by atoms with Gasteiger partial charge in [-0.15, -0.1) is 0 Å². The second-order valence-corrected chi connectivity index (χ2v) is 5.97. The number of hydrogen-bond acceptors (Lipinski definition) is 4. The minimum atomic E-state index is -0.462. The van der Waals surface area contributed by atoms with Crippen LogP contribution in [0.3, 0.4) is 0 Å². The van der Waals surface area contributed by atoms with Crippen LogP contribution in [0.25, 0.3) is 0 Å². The number of nitrogens with one attached hydrogen (secondary N) is 1. The molecule has 2 aromatic rings. The molecule has 1 N–H and O–H groups in total. The van der Waals surface area contributed by atoms with E-state index in [0.717, 1.165) is 12.1 Å². The summed E-state index contributed by atoms with van der Waals surface area (Å²) in [6.45, 7) is 0.953. The van der Waals surface area contributed by atoms with Crippen LogP contribution >= 0.6 is 0 Å². The molecule has 1 aliphatic rings. The van der Waals surface area contributed by atoms with E-state index in [4.69, 9.17) is 0 Å². The van der Waals surface area contributed by atoms with Gasteiger partial charge in [0.15, 0.2) is 0 Å². The Morgan fingerprint density at radius 3 is 2.80 bits per heavy atom. The van der Waals surface area contributed by atoms with Crippen molar-refractivity contribution in [1.29, 1.82) is 0 Å². The zero-order chi connectivity index (χ0) is 17.6. The smallest absolute Gasteiger partial charge is 0.318 e. The van der Waals surface area contributed by atoms with Gasteiger partial charge in [0.2, 0.25) is 5.91 Å². The number of para-hydroxylation sites is 1. The standard InChI is InChI=1S/C18H21N5O2/c1-22(18(25)19-13-14-7-5-11-20-21-14)16-10-6-12-23(17(16)24)15-8-3-2-4-9-15/h2-5,7-9,11,16H,6,10,12-13H2,1H3,(H,19,25). The number of carbonyl (C=O) groups excluding carboxylic acids is 2. The van der Waals surface area contributed by atoms with Crippen LogP contribution in [0.4, 0.5) is 10.5 Å². The van der Waals surface area contributed by atoms with E-state index in [9.17, 15) is 9.59 Å². The minimum Gasteiger partial charge on any atom is -0.332 e. The summed E-state index contributed by atoms with van der Waals surface area (Å²) in [6.07, 6.45) is 3.10. The van der Waals surface area contributed by atoms with Crippen LogP contribution in [0.2, 0.25) is 0 Å². The molecule has 1 saturated heterocycles. The molecule has 25 heavy (non-hydrogen) atoms. The quantitative estimate of drug-likeness (QED) is 0.921. The van der Waals surface area contributed by atoms with Gasteiger partial charge in [0.1, 0.15) is 6.04 Å². The number of likely N-dealkylation sites (N-methyl/N-ethyl adjacent to an activating group) is 1. The van der Waals surface area contributed by atoms with Crippen LogP contribution in [0, 0.1) is 0 Å². The van der Waals surface area contributed by atoms with Gasteiger partial charge in [-0.3, -0.25) is 4.79 Å². The monoisotopic (exact) mass is 339 g/mol. The van der Waals surface area contributed by atoms with E-state index in [1.165, 1.54) is 4.90 Å². The van der Waals surface area contributed by atoms with Crippen molar-refractivity contribution in [3.8, 4) is 0 Å². The minimum absolute atomic E-state index is 0.0467. The van der Waals surface area contributed by atoms with Crippen molar-refractivity contribution in [2.24, 2.45) is 0 Å². The highest BCUT2D eigenvalue weighted by Crippen LogP contribution is 2.23. The maximum absolute atomic E-state index is 12.8. The Bertz CT molecular complexity index is 723. The third-order valence-electron chi connectivity index (χ3n) is 4.31. The molecule has 3 amide bonds. The first-order valence-corrected chi connectivity index (χ1v) is 8.30. The van der Waals surface area contributed by atoms with Crippen molar-refractivity contribution in [3.05, 3.63) is 54.4 Å². The normalized spacial score (nSPS) is 17.2. The largest absolute Gasteiger partial charge is 0.332 e. The number of urea groups is 1. The summed E-state index contributed by atoms with van der Waals surface area (Å²) in [5.41, 5.74) is 1.54. The maximum atomic E-state index is 12.8. The van der Waals surface area contributed by atoms with Gasteiger partial charge in [0.25, 0.3) is 0 Å². The fraction of sp³-hybridized carbons (Fsp3) is 0.333. The predicted octanol–water partition coefficient (Wildman–Crippen LogP) is 1.81. The summed E-state index contributed by atoms with van der Waals surface area (Å²) in [7, 11) is 1.66. The van der Waals surface area contributed by atoms with Crippen LogP contribution in [-0.2, 0) is 11.3 Å². The third kappa shape index (κ3) is 3.93. The molecule has 0 spiro atoms. The summed E-state index contributed by atoms with van der Waals surface area (Å²) < 4.78 is 0. The third-order valence-corrected chi connectivity index (χ3v) is 4.31. The summed E-state index contributed by atoms with van der Waals surface area (Å²) in [6, 6.07) is 12.4. The van der Waals surface area contributed by atoms with Crippen LogP contribution in [-0.4, -0.2) is 46.7 Å². The van der Waals surface area contributed by atoms with Gasteiger partial charge in [0, 0.05) is 25.5 Å². The van der Waals surface area contributed by atoms with Gasteiger partial charge in [-0.1, -0.05) is 18.2 Å². The number of amides is 3. The number of carbonyl (C=O) groups is 2. The molecule has 1 aromatic carbocycles. The zero-order valence-electron chi connectivity index (χ0n) is 14.1. The van der Waals surface area contributed by atoms with Gasteiger partial charge >= 0.3 is 6.03 Å². The number of rotatable bonds is 4. The molecular formula is C18H21N5O2. The molecule has 1 fully saturated rings. The highest BCUT2D eigenvalue weighted by molar-refractivity contribution is 5.99. The molecule has 3 rings (SSSR count). The molecule has 7 heteroatoms. The molecule has 1 unspecified atom stereocenters. The lowest BCUT2D eigenvalue weighted by molar-refractivity contribution is -0.123. The van der Waals surface area contributed by atoms with Gasteiger partial charge < -0.3 is 15.1 Å². The first-order valence-electron chi connectivity index (χ1n) is 8.30. The van der Waals surface area contributed by atoms with Crippen molar-refractivity contribution in [3.63, 3.8) is 0 Å². The van der Waals surface area contributed by atoms with E-state index < -0.39 is 6.04 Å². The second kappa shape index (κ2) is 7.74. The highest BCUT2D eigenvalue weighted by Gasteiger charge is 2.34. The van der Waals surface area contributed by atoms with Crippen molar-refractivity contribution in [2.75, 3.05) is 18.5 Å². The molecule has 2 heterocycles. The number of anilines is 1. The Hall–Kier alpha value is -2.96. The summed E-state index contributed by atoms with van der Waals surface area (Å²) in [5.74, 6) is -0.0467. The topological polar surface area (TPSA) is 78.4 Å². The summed E-state index contributed by atoms with van der Waals surface area (Å²) >= 11 is 0. The van der Waals surface area contributed by atoms with Gasteiger partial charge in [-0.2, -0.15) is 10.2 Å². The predicted molar refractivity (Wildman–Crippen MR) is 93.8 cm³/mol. The Balaban J connectivity index is 1.63. The number of benzene rings is 1. The van der Waals surface area contributed by atoms with Crippen molar-refractivity contribution in [2.45, 2.75) is 25.4 Å². The van der Waals surface area contributed by atoms with Crippen molar-refractivity contribution in [1.82, 2.24) is 20.4 Å². The lowest BCUT2D eigenvalue weighted by Gasteiger charge is -2.36. The van der Waals surface area contributed by atoms with E-state index >= 15 is 0 Å². The molecular weight excluding hydrogens is 318 g/mol. The Labute approximate surface area is 146 Å². The fourth-order valence-electron chi connectivity index (χ4n) is 2.94. The first-order chi connectivity index (χ1) is 12.2. The molecule has 7 nitrogen and oxygen atoms in total. The van der Waals surface area contributed by atoms with E-state index in [1.807, 2.05) is 30.3 Å². The van der Waals surface area contributed by atoms with E-state index in [2.05, 4.69) is 15.5 Å². The Morgan fingerprint density at radius 1 is 1.28 bits per heavy atom. The van der Waals surface area contributed by atoms with E-state index in [-0.39, 0.29) is 18.5 Å². The van der Waals surface area contributed by atoms with Crippen LogP contribution in [0.15, 0.2) is 48.7 Å². The molecule has 0 bridgehead atoms. The second-order valence-electron chi connectivity index (χ2n) is 5.97. The van der Waals surface area contributed by atoms with Crippen molar-refractivity contribution < 1.29 is 9.59 Å². The molecule has 1 aliphatic heterocycles. The molecule has 0 radical (unpaired) electrons. The maximum Gasteiger partial charge on any atom is 0.318 e. The molecule has 130 valence electrons. The number of hydrogen-bond donors (Lipinski definition) is 1. The Morgan fingerprint density at radius 2 is 2.08 bits per heavy atom. The summed E-state index contributed by atoms with van der Waals surface area (Å²) in [5, 5.41) is 10.5. The number of piperidine rings is 1. The average Bonchev–Trinajstić information content (AvgIpc) is 2.67. The van der Waals surface area contributed by atoms with Crippen LogP contribution in [0.5, 0.6) is 0 Å². The van der Waals surface area contributed by atoms with Crippen LogP contribution < -0.4 is 10.2 Å². The van der Waals surface area contributed by atoms with Gasteiger partial charge in [0.05, 0.1) is 12.2 Å². The Kier molecular flexibility index (Phi) is 5.23. The van der Waals surface area contributed by atoms with Crippen LogP contribution in [0.1, 0.15) is 18.5 Å². The highest BCUT2D eigenvalue weighted by atomic mass is 16.2. The lowest BCUT2D eigenvalue weighted by Crippen LogP contribution is -2.55. The summed E-state index contributed by atoms with van der Waals surface area (Å²) in [4.78, 5) is 28.5. The SMILES string of the molecule is CN(C(=O)NCc1cccnn1)C1CCCN(c2ccccc2)C1=O. The molecule has 1 aromatic heterocycles. The van der Waals surface area contributed by atoms with E-state index in [0.29, 0.717) is 18.7 Å². The fourth-order valence-corrected chi connectivity index (χ4v) is 2.94. The average molecular weight is 339 g/mol. The molecule has 0 saturated carbocycles. The van der Waals surface area contributed by atoms with Crippen molar-refractivity contribution >= 4 is 17.6 Å². The molecule has 0 aliphatic carbocycles. The number of nitrogens with zero attached hydrogens (tertiary/aromatic N) is 4. The lowest BCUT2D eigenvalue weighted by atomic mass is 10.0. The van der Waals surface area contributed by atoms with E-state index in [1.54, 1.807) is 30.3 Å². The zero-order valence-corrected chi connectivity index (χ0v) is 14.1. The number of aromatic nitrogens is 2. The van der Waals surface area contributed by atoms with Gasteiger partial charge in [-0.25, -0.2) is 4.79 Å². The first kappa shape index (κ1) is 16.9. The molecule has 1 atom stereocenters.